The molecule has 146 valence electrons. The monoisotopic (exact) mass is 366 g/mol. The van der Waals surface area contributed by atoms with Gasteiger partial charge in [0.2, 0.25) is 0 Å². The number of aryl methyl sites for hydroxylation is 1. The topological polar surface area (TPSA) is 24.3 Å². The Morgan fingerprint density at radius 2 is 1.70 bits per heavy atom. The molecule has 0 spiro atoms. The highest BCUT2D eigenvalue weighted by atomic mass is 15.3. The maximum Gasteiger partial charge on any atom is 0.0959 e. The third-order valence-electron chi connectivity index (χ3n) is 5.70. The molecule has 0 unspecified atom stereocenters. The van der Waals surface area contributed by atoms with Crippen LogP contribution in [-0.2, 0) is 6.54 Å². The van der Waals surface area contributed by atoms with Crippen molar-refractivity contribution in [3.05, 3.63) is 48.4 Å². The summed E-state index contributed by atoms with van der Waals surface area (Å²) in [6, 6.07) is 10.6. The van der Waals surface area contributed by atoms with Crippen LogP contribution in [0.2, 0.25) is 0 Å². The zero-order chi connectivity index (χ0) is 19.1. The molecular formula is C23H34N4. The highest BCUT2D eigenvalue weighted by Gasteiger charge is 2.17. The van der Waals surface area contributed by atoms with Crippen LogP contribution < -0.4 is 0 Å². The molecule has 1 aromatic carbocycles. The number of hydrogen-bond acceptors (Lipinski definition) is 3. The minimum atomic E-state index is 1.03. The minimum Gasteiger partial charge on any atom is -0.330 e. The largest absolute Gasteiger partial charge is 0.330 e. The molecule has 0 bridgehead atoms. The lowest BCUT2D eigenvalue weighted by molar-refractivity contribution is 0.135. The molecule has 0 saturated carbocycles. The Labute approximate surface area is 164 Å². The van der Waals surface area contributed by atoms with Crippen molar-refractivity contribution in [2.45, 2.75) is 40.2 Å². The van der Waals surface area contributed by atoms with E-state index in [0.29, 0.717) is 0 Å². The second kappa shape index (κ2) is 9.86. The van der Waals surface area contributed by atoms with E-state index in [-0.39, 0.29) is 0 Å². The standard InChI is InChI=1S/C23H34N4/c1-4-20(5-2)23-22(21-11-8-7-9-12-21)24-19-27(23)14-10-13-26-17-15-25(6-3)16-18-26/h4,7-9,11-12,19H,5-6,10,13-18H2,1-3H3/b20-4+. The van der Waals surface area contributed by atoms with Gasteiger partial charge >= 0.3 is 0 Å². The lowest BCUT2D eigenvalue weighted by Crippen LogP contribution is -2.46. The lowest BCUT2D eigenvalue weighted by atomic mass is 10.0. The number of imidazole rings is 1. The van der Waals surface area contributed by atoms with Gasteiger partial charge in [-0.1, -0.05) is 50.3 Å². The fraction of sp³-hybridized carbons (Fsp3) is 0.522. The van der Waals surface area contributed by atoms with Gasteiger partial charge in [-0.25, -0.2) is 4.98 Å². The van der Waals surface area contributed by atoms with E-state index in [9.17, 15) is 0 Å². The van der Waals surface area contributed by atoms with E-state index in [4.69, 9.17) is 4.98 Å². The van der Waals surface area contributed by atoms with Gasteiger partial charge in [0.05, 0.1) is 17.7 Å². The number of nitrogens with zero attached hydrogens (tertiary/aromatic N) is 4. The van der Waals surface area contributed by atoms with Crippen molar-refractivity contribution >= 4 is 5.57 Å². The SMILES string of the molecule is C/C=C(\CC)c1c(-c2ccccc2)ncn1CCCN1CCN(CC)CC1. The van der Waals surface area contributed by atoms with Crippen LogP contribution in [-0.4, -0.2) is 58.6 Å². The van der Waals surface area contributed by atoms with Crippen LogP contribution in [0.3, 0.4) is 0 Å². The zero-order valence-electron chi connectivity index (χ0n) is 17.2. The molecule has 0 N–H and O–H groups in total. The number of rotatable bonds is 8. The van der Waals surface area contributed by atoms with E-state index in [0.717, 1.165) is 18.7 Å². The minimum absolute atomic E-state index is 1.03. The number of hydrogen-bond donors (Lipinski definition) is 0. The maximum atomic E-state index is 4.79. The number of piperazine rings is 1. The summed E-state index contributed by atoms with van der Waals surface area (Å²) in [5, 5.41) is 0. The van der Waals surface area contributed by atoms with E-state index >= 15 is 0 Å². The summed E-state index contributed by atoms with van der Waals surface area (Å²) in [6.07, 6.45) is 6.47. The molecule has 4 nitrogen and oxygen atoms in total. The molecule has 2 heterocycles. The lowest BCUT2D eigenvalue weighted by Gasteiger charge is -2.34. The zero-order valence-corrected chi connectivity index (χ0v) is 17.2. The molecule has 4 heteroatoms. The Balaban J connectivity index is 1.69. The van der Waals surface area contributed by atoms with Crippen molar-refractivity contribution in [1.29, 1.82) is 0 Å². The van der Waals surface area contributed by atoms with Crippen LogP contribution in [0.15, 0.2) is 42.7 Å². The normalized spacial score (nSPS) is 16.8. The second-order valence-corrected chi connectivity index (χ2v) is 7.30. The highest BCUT2D eigenvalue weighted by molar-refractivity contribution is 5.77. The smallest absolute Gasteiger partial charge is 0.0959 e. The van der Waals surface area contributed by atoms with Gasteiger partial charge in [-0.3, -0.25) is 0 Å². The number of aromatic nitrogens is 2. The molecule has 1 saturated heterocycles. The molecule has 1 fully saturated rings. The van der Waals surface area contributed by atoms with Crippen LogP contribution in [0.25, 0.3) is 16.8 Å². The predicted octanol–water partition coefficient (Wildman–Crippen LogP) is 4.39. The van der Waals surface area contributed by atoms with Crippen molar-refractivity contribution in [2.75, 3.05) is 39.3 Å². The fourth-order valence-corrected chi connectivity index (χ4v) is 4.00. The van der Waals surface area contributed by atoms with Gasteiger partial charge in [0, 0.05) is 38.3 Å². The summed E-state index contributed by atoms with van der Waals surface area (Å²) in [5.74, 6) is 0. The van der Waals surface area contributed by atoms with Gasteiger partial charge in [0.1, 0.15) is 0 Å². The Kier molecular flexibility index (Phi) is 7.25. The van der Waals surface area contributed by atoms with E-state index < -0.39 is 0 Å². The van der Waals surface area contributed by atoms with E-state index in [2.05, 4.69) is 71.5 Å². The molecule has 0 aliphatic carbocycles. The Hall–Kier alpha value is -1.91. The Morgan fingerprint density at radius 3 is 2.33 bits per heavy atom. The first-order valence-corrected chi connectivity index (χ1v) is 10.5. The summed E-state index contributed by atoms with van der Waals surface area (Å²) in [6.45, 7) is 14.8. The Morgan fingerprint density at radius 1 is 1.00 bits per heavy atom. The van der Waals surface area contributed by atoms with Crippen LogP contribution in [0.1, 0.15) is 39.3 Å². The van der Waals surface area contributed by atoms with Gasteiger partial charge in [0.15, 0.2) is 0 Å². The predicted molar refractivity (Wildman–Crippen MR) is 115 cm³/mol. The summed E-state index contributed by atoms with van der Waals surface area (Å²) in [7, 11) is 0. The average Bonchev–Trinajstić information content (AvgIpc) is 3.14. The van der Waals surface area contributed by atoms with E-state index in [1.54, 1.807) is 0 Å². The molecule has 0 radical (unpaired) electrons. The van der Waals surface area contributed by atoms with Gasteiger partial charge in [-0.05, 0) is 38.4 Å². The number of benzene rings is 1. The molecule has 27 heavy (non-hydrogen) atoms. The molecule has 1 aromatic heterocycles. The summed E-state index contributed by atoms with van der Waals surface area (Å²) in [4.78, 5) is 9.94. The summed E-state index contributed by atoms with van der Waals surface area (Å²) >= 11 is 0. The molecule has 0 atom stereocenters. The molecule has 1 aliphatic rings. The van der Waals surface area contributed by atoms with Gasteiger partial charge in [-0.15, -0.1) is 0 Å². The molecule has 3 rings (SSSR count). The first-order chi connectivity index (χ1) is 13.3. The van der Waals surface area contributed by atoms with Crippen LogP contribution in [0, 0.1) is 0 Å². The highest BCUT2D eigenvalue weighted by Crippen LogP contribution is 2.29. The summed E-state index contributed by atoms with van der Waals surface area (Å²) < 4.78 is 2.36. The van der Waals surface area contributed by atoms with Gasteiger partial charge < -0.3 is 14.4 Å². The van der Waals surface area contributed by atoms with Crippen molar-refractivity contribution in [3.8, 4) is 11.3 Å². The fourth-order valence-electron chi connectivity index (χ4n) is 4.00. The van der Waals surface area contributed by atoms with Crippen molar-refractivity contribution in [3.63, 3.8) is 0 Å². The third kappa shape index (κ3) is 4.88. The summed E-state index contributed by atoms with van der Waals surface area (Å²) in [5.41, 5.74) is 4.99. The van der Waals surface area contributed by atoms with Crippen LogP contribution >= 0.6 is 0 Å². The molecule has 1 aliphatic heterocycles. The van der Waals surface area contributed by atoms with Crippen molar-refractivity contribution in [1.82, 2.24) is 19.4 Å². The Bertz CT molecular complexity index is 724. The van der Waals surface area contributed by atoms with Crippen molar-refractivity contribution in [2.24, 2.45) is 0 Å². The van der Waals surface area contributed by atoms with E-state index in [1.165, 1.54) is 62.5 Å². The number of allylic oxidation sites excluding steroid dienone is 2. The first kappa shape index (κ1) is 19.8. The van der Waals surface area contributed by atoms with Crippen LogP contribution in [0.5, 0.6) is 0 Å². The van der Waals surface area contributed by atoms with E-state index in [1.807, 2.05) is 6.33 Å². The van der Waals surface area contributed by atoms with Crippen molar-refractivity contribution < 1.29 is 0 Å². The molecule has 0 amide bonds. The molecule has 2 aromatic rings. The maximum absolute atomic E-state index is 4.79. The average molecular weight is 367 g/mol. The molecular weight excluding hydrogens is 332 g/mol. The second-order valence-electron chi connectivity index (χ2n) is 7.30. The van der Waals surface area contributed by atoms with Gasteiger partial charge in [-0.2, -0.15) is 0 Å². The first-order valence-electron chi connectivity index (χ1n) is 10.5. The van der Waals surface area contributed by atoms with Crippen LogP contribution in [0.4, 0.5) is 0 Å². The number of likely N-dealkylation sites (N-methyl/N-ethyl adjacent to an activating group) is 1. The third-order valence-corrected chi connectivity index (χ3v) is 5.70. The van der Waals surface area contributed by atoms with Gasteiger partial charge in [0.25, 0.3) is 0 Å². The quantitative estimate of drug-likeness (QED) is 0.692.